The van der Waals surface area contributed by atoms with Gasteiger partial charge in [-0.05, 0) is 60.8 Å². The molecule has 2 aliphatic carbocycles. The van der Waals surface area contributed by atoms with Gasteiger partial charge in [-0.2, -0.15) is 5.26 Å². The molecule has 148 valence electrons. The monoisotopic (exact) mass is 392 g/mol. The summed E-state index contributed by atoms with van der Waals surface area (Å²) in [7, 11) is 0. The summed E-state index contributed by atoms with van der Waals surface area (Å²) in [5.74, 6) is -1.10. The van der Waals surface area contributed by atoms with Gasteiger partial charge >= 0.3 is 12.1 Å². The topological polar surface area (TPSA) is 125 Å². The molecule has 1 aromatic carbocycles. The van der Waals surface area contributed by atoms with E-state index in [1.54, 1.807) is 0 Å². The molecule has 1 heterocycles. The number of carboxylic acids is 1. The molecule has 29 heavy (non-hydrogen) atoms. The fraction of sp³-hybridized carbons (Fsp3) is 0.381. The van der Waals surface area contributed by atoms with Crippen molar-refractivity contribution in [3.63, 3.8) is 0 Å². The summed E-state index contributed by atoms with van der Waals surface area (Å²) in [6.07, 6.45) is 6.12. The van der Waals surface area contributed by atoms with Crippen LogP contribution in [0.4, 0.5) is 10.5 Å². The van der Waals surface area contributed by atoms with Crippen LogP contribution in [0, 0.1) is 11.3 Å². The van der Waals surface area contributed by atoms with Gasteiger partial charge in [-0.1, -0.05) is 6.07 Å². The van der Waals surface area contributed by atoms with Crippen LogP contribution in [0.2, 0.25) is 0 Å². The van der Waals surface area contributed by atoms with Crippen molar-refractivity contribution in [2.45, 2.75) is 51.0 Å². The Bertz CT molecular complexity index is 979. The molecule has 0 radical (unpaired) electrons. The van der Waals surface area contributed by atoms with Crippen molar-refractivity contribution in [2.24, 2.45) is 0 Å². The van der Waals surface area contributed by atoms with Gasteiger partial charge in [0.2, 0.25) is 6.10 Å². The highest BCUT2D eigenvalue weighted by molar-refractivity contribution is 5.90. The Morgan fingerprint density at radius 3 is 2.31 bits per heavy atom. The van der Waals surface area contributed by atoms with Crippen LogP contribution in [-0.2, 0) is 41.6 Å². The number of nitrogens with zero attached hydrogens (tertiary/aromatic N) is 3. The molecule has 1 aromatic heterocycles. The molecule has 0 spiro atoms. The zero-order chi connectivity index (χ0) is 20.4. The summed E-state index contributed by atoms with van der Waals surface area (Å²) in [6, 6.07) is 4.15. The summed E-state index contributed by atoms with van der Waals surface area (Å²) >= 11 is 0. The Kier molecular flexibility index (Phi) is 5.12. The number of carboxylic acid groups (broad SMARTS) is 1. The van der Waals surface area contributed by atoms with E-state index in [1.165, 1.54) is 23.5 Å². The predicted molar refractivity (Wildman–Crippen MR) is 102 cm³/mol. The Balaban J connectivity index is 1.50. The van der Waals surface area contributed by atoms with E-state index < -0.39 is 18.2 Å². The van der Waals surface area contributed by atoms with E-state index in [1.807, 2.05) is 6.07 Å². The third-order valence-electron chi connectivity index (χ3n) is 5.43. The number of hydrogen-bond donors (Lipinski definition) is 2. The third-order valence-corrected chi connectivity index (χ3v) is 5.43. The number of fused-ring (bicyclic) bond motifs is 2. The van der Waals surface area contributed by atoms with Crippen molar-refractivity contribution in [3.05, 3.63) is 52.1 Å². The van der Waals surface area contributed by atoms with Crippen LogP contribution in [-0.4, -0.2) is 33.2 Å². The Morgan fingerprint density at radius 2 is 1.76 bits per heavy atom. The lowest BCUT2D eigenvalue weighted by molar-refractivity contribution is -0.146. The number of carbonyl (C=O) groups excluding carboxylic acids is 1. The van der Waals surface area contributed by atoms with Gasteiger partial charge in [0, 0.05) is 12.4 Å². The van der Waals surface area contributed by atoms with Gasteiger partial charge in [-0.25, -0.2) is 19.6 Å². The number of rotatable bonds is 5. The Hall–Kier alpha value is -3.47. The SMILES string of the molecule is N#Cc1cnc(CC(OC(=O)Nc2c3c(cc4c2CCC4)CCC3)C(=O)O)nc1. The lowest BCUT2D eigenvalue weighted by Crippen LogP contribution is -2.32. The number of nitrogens with one attached hydrogen (secondary N) is 1. The number of carbonyl (C=O) groups is 2. The largest absolute Gasteiger partial charge is 0.478 e. The quantitative estimate of drug-likeness (QED) is 0.801. The number of hydrogen-bond acceptors (Lipinski definition) is 6. The first-order valence-corrected chi connectivity index (χ1v) is 9.63. The molecule has 0 fully saturated rings. The van der Waals surface area contributed by atoms with Gasteiger partial charge in [0.05, 0.1) is 17.7 Å². The van der Waals surface area contributed by atoms with Crippen LogP contribution in [0.3, 0.4) is 0 Å². The van der Waals surface area contributed by atoms with Gasteiger partial charge in [0.1, 0.15) is 11.9 Å². The van der Waals surface area contributed by atoms with Crippen LogP contribution < -0.4 is 5.32 Å². The first kappa shape index (κ1) is 18.9. The number of aliphatic carboxylic acids is 1. The van der Waals surface area contributed by atoms with Gasteiger partial charge in [0.15, 0.2) is 0 Å². The maximum absolute atomic E-state index is 12.5. The smallest absolute Gasteiger partial charge is 0.412 e. The highest BCUT2D eigenvalue weighted by Gasteiger charge is 2.28. The molecule has 2 aliphatic rings. The molecule has 1 atom stereocenters. The zero-order valence-corrected chi connectivity index (χ0v) is 15.8. The highest BCUT2D eigenvalue weighted by atomic mass is 16.6. The minimum atomic E-state index is -1.42. The summed E-state index contributed by atoms with van der Waals surface area (Å²) in [5.41, 5.74) is 5.89. The first-order valence-electron chi connectivity index (χ1n) is 9.63. The normalized spacial score (nSPS) is 15.1. The van der Waals surface area contributed by atoms with Crippen LogP contribution in [0.1, 0.15) is 46.5 Å². The Morgan fingerprint density at radius 1 is 1.14 bits per heavy atom. The second kappa shape index (κ2) is 7.87. The molecule has 1 amide bonds. The molecule has 8 heteroatoms. The fourth-order valence-corrected chi connectivity index (χ4v) is 4.09. The number of aryl methyl sites for hydroxylation is 2. The van der Waals surface area contributed by atoms with Crippen molar-refractivity contribution in [3.8, 4) is 6.07 Å². The van der Waals surface area contributed by atoms with Crippen LogP contribution in [0.5, 0.6) is 0 Å². The second-order valence-electron chi connectivity index (χ2n) is 7.30. The molecule has 0 bridgehead atoms. The molecule has 0 saturated carbocycles. The van der Waals surface area contributed by atoms with E-state index in [-0.39, 0.29) is 17.8 Å². The molecule has 4 rings (SSSR count). The highest BCUT2D eigenvalue weighted by Crippen LogP contribution is 2.38. The maximum atomic E-state index is 12.5. The van der Waals surface area contributed by atoms with Crippen LogP contribution in [0.25, 0.3) is 0 Å². The maximum Gasteiger partial charge on any atom is 0.412 e. The summed E-state index contributed by atoms with van der Waals surface area (Å²) in [6.45, 7) is 0. The first-order chi connectivity index (χ1) is 14.0. The second-order valence-corrected chi connectivity index (χ2v) is 7.30. The number of benzene rings is 1. The summed E-state index contributed by atoms with van der Waals surface area (Å²) < 4.78 is 5.20. The minimum Gasteiger partial charge on any atom is -0.478 e. The molecule has 2 aromatic rings. The average molecular weight is 392 g/mol. The lowest BCUT2D eigenvalue weighted by Gasteiger charge is -2.18. The minimum absolute atomic E-state index is 0.181. The van der Waals surface area contributed by atoms with Crippen molar-refractivity contribution in [1.29, 1.82) is 5.26 Å². The van der Waals surface area contributed by atoms with Gasteiger partial charge in [0.25, 0.3) is 0 Å². The van der Waals surface area contributed by atoms with Gasteiger partial charge < -0.3 is 9.84 Å². The number of ether oxygens (including phenoxy) is 1. The lowest BCUT2D eigenvalue weighted by atomic mass is 9.99. The van der Waals surface area contributed by atoms with Crippen molar-refractivity contribution in [1.82, 2.24) is 9.97 Å². The van der Waals surface area contributed by atoms with Crippen LogP contribution in [0.15, 0.2) is 18.5 Å². The average Bonchev–Trinajstić information content (AvgIpc) is 3.37. The zero-order valence-electron chi connectivity index (χ0n) is 15.8. The molecule has 2 N–H and O–H groups in total. The number of amides is 1. The molecule has 8 nitrogen and oxygen atoms in total. The van der Waals surface area contributed by atoms with E-state index >= 15 is 0 Å². The summed E-state index contributed by atoms with van der Waals surface area (Å²) in [4.78, 5) is 32.0. The number of aromatic nitrogens is 2. The molecule has 0 saturated heterocycles. The van der Waals surface area contributed by atoms with Crippen molar-refractivity contribution < 1.29 is 19.4 Å². The van der Waals surface area contributed by atoms with E-state index in [9.17, 15) is 14.7 Å². The summed E-state index contributed by atoms with van der Waals surface area (Å²) in [5, 5.41) is 21.1. The fourth-order valence-electron chi connectivity index (χ4n) is 4.09. The van der Waals surface area contributed by atoms with E-state index in [2.05, 4.69) is 21.4 Å². The van der Waals surface area contributed by atoms with Gasteiger partial charge in [-0.3, -0.25) is 5.32 Å². The molecular weight excluding hydrogens is 372 g/mol. The number of nitriles is 1. The van der Waals surface area contributed by atoms with E-state index in [4.69, 9.17) is 10.00 Å². The van der Waals surface area contributed by atoms with Gasteiger partial charge in [-0.15, -0.1) is 0 Å². The standard InChI is InChI=1S/C21H20N4O4/c22-9-12-10-23-18(24-11-12)8-17(20(26)27)29-21(28)25-19-15-5-1-3-13(15)7-14-4-2-6-16(14)19/h7,10-11,17H,1-6,8H2,(H,25,28)(H,26,27). The van der Waals surface area contributed by atoms with E-state index in [0.717, 1.165) is 55.3 Å². The van der Waals surface area contributed by atoms with Crippen LogP contribution >= 0.6 is 0 Å². The molecule has 0 aliphatic heterocycles. The third kappa shape index (κ3) is 3.90. The van der Waals surface area contributed by atoms with E-state index in [0.29, 0.717) is 0 Å². The van der Waals surface area contributed by atoms with Crippen molar-refractivity contribution in [2.75, 3.05) is 5.32 Å². The molecular formula is C21H20N4O4. The van der Waals surface area contributed by atoms with Crippen molar-refractivity contribution >= 4 is 17.7 Å². The number of anilines is 1. The Labute approximate surface area is 167 Å². The molecule has 1 unspecified atom stereocenters. The predicted octanol–water partition coefficient (Wildman–Crippen LogP) is 2.57.